The summed E-state index contributed by atoms with van der Waals surface area (Å²) in [6.45, 7) is 6.31. The zero-order valence-electron chi connectivity index (χ0n) is 9.36. The number of fused-ring (bicyclic) bond motifs is 1. The first-order chi connectivity index (χ1) is 7.09. The molecule has 0 aliphatic rings. The second-order valence-corrected chi connectivity index (χ2v) is 4.32. The van der Waals surface area contributed by atoms with Crippen LogP contribution in [0.15, 0.2) is 12.3 Å². The maximum Gasteiger partial charge on any atom is 0.184 e. The summed E-state index contributed by atoms with van der Waals surface area (Å²) in [7, 11) is 0. The molecule has 0 amide bonds. The predicted octanol–water partition coefficient (Wildman–Crippen LogP) is 1.82. The summed E-state index contributed by atoms with van der Waals surface area (Å²) in [5, 5.41) is 8.29. The monoisotopic (exact) mass is 204 g/mol. The number of anilines is 1. The number of nitrogen functional groups attached to an aromatic ring is 1. The van der Waals surface area contributed by atoms with Crippen molar-refractivity contribution in [3.05, 3.63) is 23.7 Å². The van der Waals surface area contributed by atoms with Gasteiger partial charge >= 0.3 is 0 Å². The highest BCUT2D eigenvalue weighted by molar-refractivity contribution is 5.68. The SMILES string of the molecule is Cc1ccn2c(CC(C)C)nnc2c1N. The highest BCUT2D eigenvalue weighted by Crippen LogP contribution is 2.17. The molecule has 2 aromatic heterocycles. The Hall–Kier alpha value is -1.58. The van der Waals surface area contributed by atoms with E-state index in [0.717, 1.165) is 29.1 Å². The number of pyridine rings is 1. The average molecular weight is 204 g/mol. The Morgan fingerprint density at radius 3 is 2.80 bits per heavy atom. The molecule has 2 N–H and O–H groups in total. The minimum atomic E-state index is 0.569. The Balaban J connectivity index is 2.57. The van der Waals surface area contributed by atoms with Crippen LogP contribution in [0.2, 0.25) is 0 Å². The number of aromatic nitrogens is 3. The van der Waals surface area contributed by atoms with E-state index in [9.17, 15) is 0 Å². The average Bonchev–Trinajstić information content (AvgIpc) is 2.55. The Kier molecular flexibility index (Phi) is 2.34. The van der Waals surface area contributed by atoms with Gasteiger partial charge in [-0.3, -0.25) is 4.40 Å². The van der Waals surface area contributed by atoms with Gasteiger partial charge in [0, 0.05) is 12.6 Å². The normalized spacial score (nSPS) is 11.5. The largest absolute Gasteiger partial charge is 0.395 e. The maximum atomic E-state index is 5.94. The molecule has 0 bridgehead atoms. The van der Waals surface area contributed by atoms with Crippen molar-refractivity contribution < 1.29 is 0 Å². The quantitative estimate of drug-likeness (QED) is 0.811. The van der Waals surface area contributed by atoms with Gasteiger partial charge in [0.15, 0.2) is 5.65 Å². The van der Waals surface area contributed by atoms with E-state index >= 15 is 0 Å². The van der Waals surface area contributed by atoms with E-state index in [-0.39, 0.29) is 0 Å². The van der Waals surface area contributed by atoms with E-state index < -0.39 is 0 Å². The van der Waals surface area contributed by atoms with Crippen LogP contribution < -0.4 is 5.73 Å². The van der Waals surface area contributed by atoms with E-state index in [4.69, 9.17) is 5.73 Å². The van der Waals surface area contributed by atoms with Crippen LogP contribution in [0.1, 0.15) is 25.2 Å². The topological polar surface area (TPSA) is 56.2 Å². The molecule has 0 saturated heterocycles. The lowest BCUT2D eigenvalue weighted by atomic mass is 10.1. The molecular weight excluding hydrogens is 188 g/mol. The molecule has 0 spiro atoms. The third kappa shape index (κ3) is 1.67. The third-order valence-corrected chi connectivity index (χ3v) is 2.50. The molecule has 0 unspecified atom stereocenters. The van der Waals surface area contributed by atoms with Crippen molar-refractivity contribution in [2.45, 2.75) is 27.2 Å². The van der Waals surface area contributed by atoms with Gasteiger partial charge in [-0.2, -0.15) is 0 Å². The lowest BCUT2D eigenvalue weighted by molar-refractivity contribution is 0.616. The molecule has 0 radical (unpaired) electrons. The summed E-state index contributed by atoms with van der Waals surface area (Å²) in [4.78, 5) is 0. The number of nitrogens with two attached hydrogens (primary N) is 1. The standard InChI is InChI=1S/C11H16N4/c1-7(2)6-9-13-14-11-10(12)8(3)4-5-15(9)11/h4-5,7H,6,12H2,1-3H3. The maximum absolute atomic E-state index is 5.94. The Labute approximate surface area is 89.1 Å². The van der Waals surface area contributed by atoms with Gasteiger partial charge in [0.05, 0.1) is 5.69 Å². The minimum Gasteiger partial charge on any atom is -0.395 e. The smallest absolute Gasteiger partial charge is 0.184 e. The molecule has 0 aliphatic heterocycles. The van der Waals surface area contributed by atoms with Crippen LogP contribution in [0.25, 0.3) is 5.65 Å². The zero-order valence-corrected chi connectivity index (χ0v) is 9.36. The summed E-state index contributed by atoms with van der Waals surface area (Å²) in [6.07, 6.45) is 2.91. The van der Waals surface area contributed by atoms with Gasteiger partial charge in [0.1, 0.15) is 5.82 Å². The van der Waals surface area contributed by atoms with Crippen molar-refractivity contribution in [2.75, 3.05) is 5.73 Å². The van der Waals surface area contributed by atoms with Gasteiger partial charge in [0.25, 0.3) is 0 Å². The first-order valence-electron chi connectivity index (χ1n) is 5.18. The first-order valence-corrected chi connectivity index (χ1v) is 5.18. The van der Waals surface area contributed by atoms with E-state index in [1.165, 1.54) is 0 Å². The van der Waals surface area contributed by atoms with Crippen LogP contribution >= 0.6 is 0 Å². The molecule has 0 aromatic carbocycles. The molecule has 4 heteroatoms. The lowest BCUT2D eigenvalue weighted by Gasteiger charge is -2.04. The fourth-order valence-electron chi connectivity index (χ4n) is 1.62. The molecular formula is C11H16N4. The molecule has 4 nitrogen and oxygen atoms in total. The van der Waals surface area contributed by atoms with Gasteiger partial charge in [-0.25, -0.2) is 0 Å². The van der Waals surface area contributed by atoms with Gasteiger partial charge in [-0.1, -0.05) is 13.8 Å². The summed E-state index contributed by atoms with van der Waals surface area (Å²) in [5.41, 5.74) is 8.48. The van der Waals surface area contributed by atoms with Crippen LogP contribution in [0.4, 0.5) is 5.69 Å². The minimum absolute atomic E-state index is 0.569. The predicted molar refractivity (Wildman–Crippen MR) is 60.7 cm³/mol. The van der Waals surface area contributed by atoms with Crippen molar-refractivity contribution in [1.29, 1.82) is 0 Å². The highest BCUT2D eigenvalue weighted by atomic mass is 15.2. The summed E-state index contributed by atoms with van der Waals surface area (Å²) < 4.78 is 1.97. The van der Waals surface area contributed by atoms with Crippen molar-refractivity contribution >= 4 is 11.3 Å². The van der Waals surface area contributed by atoms with Crippen molar-refractivity contribution in [3.8, 4) is 0 Å². The Morgan fingerprint density at radius 2 is 2.13 bits per heavy atom. The van der Waals surface area contributed by atoms with Gasteiger partial charge < -0.3 is 5.73 Å². The van der Waals surface area contributed by atoms with Crippen LogP contribution in [0.5, 0.6) is 0 Å². The molecule has 0 fully saturated rings. The second kappa shape index (κ2) is 3.53. The molecule has 2 aromatic rings. The number of aryl methyl sites for hydroxylation is 1. The summed E-state index contributed by atoms with van der Waals surface area (Å²) in [5.74, 6) is 1.55. The first kappa shape index (κ1) is 9.96. The molecule has 15 heavy (non-hydrogen) atoms. The fraction of sp³-hybridized carbons (Fsp3) is 0.455. The Bertz CT molecular complexity index is 485. The summed E-state index contributed by atoms with van der Waals surface area (Å²) >= 11 is 0. The molecule has 80 valence electrons. The molecule has 0 saturated carbocycles. The van der Waals surface area contributed by atoms with Gasteiger partial charge in [-0.05, 0) is 24.5 Å². The second-order valence-electron chi connectivity index (χ2n) is 4.32. The molecule has 2 rings (SSSR count). The van der Waals surface area contributed by atoms with Crippen LogP contribution in [-0.4, -0.2) is 14.6 Å². The highest BCUT2D eigenvalue weighted by Gasteiger charge is 2.10. The number of hydrogen-bond donors (Lipinski definition) is 1. The van der Waals surface area contributed by atoms with Crippen LogP contribution in [-0.2, 0) is 6.42 Å². The van der Waals surface area contributed by atoms with Crippen molar-refractivity contribution in [2.24, 2.45) is 5.92 Å². The van der Waals surface area contributed by atoms with E-state index in [2.05, 4.69) is 24.0 Å². The summed E-state index contributed by atoms with van der Waals surface area (Å²) in [6, 6.07) is 2.00. The third-order valence-electron chi connectivity index (χ3n) is 2.50. The molecule has 2 heterocycles. The van der Waals surface area contributed by atoms with Crippen molar-refractivity contribution in [3.63, 3.8) is 0 Å². The van der Waals surface area contributed by atoms with E-state index in [1.807, 2.05) is 23.6 Å². The van der Waals surface area contributed by atoms with Gasteiger partial charge in [0.2, 0.25) is 0 Å². The Morgan fingerprint density at radius 1 is 1.40 bits per heavy atom. The van der Waals surface area contributed by atoms with Crippen LogP contribution in [0.3, 0.4) is 0 Å². The van der Waals surface area contributed by atoms with Crippen LogP contribution in [0, 0.1) is 12.8 Å². The molecule has 0 atom stereocenters. The number of rotatable bonds is 2. The van der Waals surface area contributed by atoms with Gasteiger partial charge in [-0.15, -0.1) is 10.2 Å². The van der Waals surface area contributed by atoms with E-state index in [1.54, 1.807) is 0 Å². The number of hydrogen-bond acceptors (Lipinski definition) is 3. The fourth-order valence-corrected chi connectivity index (χ4v) is 1.62. The zero-order chi connectivity index (χ0) is 11.0. The van der Waals surface area contributed by atoms with E-state index in [0.29, 0.717) is 5.92 Å². The molecule has 0 aliphatic carbocycles. The lowest BCUT2D eigenvalue weighted by Crippen LogP contribution is -2.02. The van der Waals surface area contributed by atoms with Crippen molar-refractivity contribution in [1.82, 2.24) is 14.6 Å². The number of nitrogens with zero attached hydrogens (tertiary/aromatic N) is 3.